The van der Waals surface area contributed by atoms with Gasteiger partial charge in [0, 0.05) is 18.2 Å². The minimum Gasteiger partial charge on any atom is -0.438 e. The van der Waals surface area contributed by atoms with Crippen molar-refractivity contribution in [3.05, 3.63) is 54.5 Å². The van der Waals surface area contributed by atoms with E-state index in [-0.39, 0.29) is 5.78 Å². The van der Waals surface area contributed by atoms with Crippen LogP contribution in [0.2, 0.25) is 0 Å². The Labute approximate surface area is 134 Å². The molecule has 0 saturated carbocycles. The van der Waals surface area contributed by atoms with Crippen molar-refractivity contribution in [2.75, 3.05) is 0 Å². The fourth-order valence-corrected chi connectivity index (χ4v) is 2.28. The van der Waals surface area contributed by atoms with Crippen LogP contribution in [0, 0.1) is 0 Å². The second-order valence-corrected chi connectivity index (χ2v) is 5.11. The Morgan fingerprint density at radius 2 is 2.09 bits per heavy atom. The number of carbonyl (C=O) groups is 1. The van der Waals surface area contributed by atoms with Crippen LogP contribution in [0.3, 0.4) is 0 Å². The highest BCUT2D eigenvalue weighted by Crippen LogP contribution is 2.29. The average Bonchev–Trinajstić information content (AvgIpc) is 2.98. The predicted octanol–water partition coefficient (Wildman–Crippen LogP) is 4.13. The van der Waals surface area contributed by atoms with Crippen LogP contribution >= 0.6 is 0 Å². The SMILES string of the molecule is CCCC(=O)/C=C/c1c[nH]c2ncnc(Oc3ccccc3)c12. The van der Waals surface area contributed by atoms with Crippen molar-refractivity contribution in [1.29, 1.82) is 0 Å². The monoisotopic (exact) mass is 307 g/mol. The van der Waals surface area contributed by atoms with E-state index in [0.29, 0.717) is 23.7 Å². The summed E-state index contributed by atoms with van der Waals surface area (Å²) in [6.45, 7) is 1.98. The van der Waals surface area contributed by atoms with E-state index in [1.807, 2.05) is 37.3 Å². The minimum absolute atomic E-state index is 0.101. The maximum atomic E-state index is 11.7. The quantitative estimate of drug-likeness (QED) is 0.695. The summed E-state index contributed by atoms with van der Waals surface area (Å²) in [6, 6.07) is 9.44. The van der Waals surface area contributed by atoms with Crippen molar-refractivity contribution in [3.63, 3.8) is 0 Å². The lowest BCUT2D eigenvalue weighted by Crippen LogP contribution is -1.92. The summed E-state index contributed by atoms with van der Waals surface area (Å²) in [7, 11) is 0. The van der Waals surface area contributed by atoms with Crippen molar-refractivity contribution in [2.24, 2.45) is 0 Å². The van der Waals surface area contributed by atoms with Gasteiger partial charge in [-0.2, -0.15) is 0 Å². The molecule has 0 aliphatic rings. The number of fused-ring (bicyclic) bond motifs is 1. The summed E-state index contributed by atoms with van der Waals surface area (Å²) in [6.07, 6.45) is 7.99. The maximum absolute atomic E-state index is 11.7. The van der Waals surface area contributed by atoms with E-state index >= 15 is 0 Å². The van der Waals surface area contributed by atoms with Gasteiger partial charge in [-0.25, -0.2) is 9.97 Å². The molecule has 0 spiro atoms. The Kier molecular flexibility index (Phi) is 4.47. The van der Waals surface area contributed by atoms with E-state index in [9.17, 15) is 4.79 Å². The molecule has 5 nitrogen and oxygen atoms in total. The largest absolute Gasteiger partial charge is 0.438 e. The number of H-pyrrole nitrogens is 1. The van der Waals surface area contributed by atoms with E-state index in [4.69, 9.17) is 4.74 Å². The molecule has 5 heteroatoms. The van der Waals surface area contributed by atoms with Crippen molar-refractivity contribution < 1.29 is 9.53 Å². The number of para-hydroxylation sites is 1. The number of allylic oxidation sites excluding steroid dienone is 1. The average molecular weight is 307 g/mol. The minimum atomic E-state index is 0.101. The van der Waals surface area contributed by atoms with E-state index in [0.717, 1.165) is 17.4 Å². The lowest BCUT2D eigenvalue weighted by Gasteiger charge is -2.05. The molecule has 0 fully saturated rings. The molecule has 3 rings (SSSR count). The van der Waals surface area contributed by atoms with Gasteiger partial charge in [0.25, 0.3) is 0 Å². The molecule has 1 N–H and O–H groups in total. The number of hydrogen-bond acceptors (Lipinski definition) is 4. The highest BCUT2D eigenvalue weighted by molar-refractivity contribution is 5.97. The summed E-state index contributed by atoms with van der Waals surface area (Å²) >= 11 is 0. The molecular weight excluding hydrogens is 290 g/mol. The van der Waals surface area contributed by atoms with Gasteiger partial charge in [-0.1, -0.05) is 25.1 Å². The molecule has 0 amide bonds. The molecule has 0 unspecified atom stereocenters. The third kappa shape index (κ3) is 3.45. The van der Waals surface area contributed by atoms with E-state index in [2.05, 4.69) is 15.0 Å². The molecule has 23 heavy (non-hydrogen) atoms. The maximum Gasteiger partial charge on any atom is 0.232 e. The van der Waals surface area contributed by atoms with Gasteiger partial charge >= 0.3 is 0 Å². The standard InChI is InChI=1S/C18H17N3O2/c1-2-6-14(22)10-9-13-11-19-17-16(13)18(21-12-20-17)23-15-7-4-3-5-8-15/h3-5,7-12H,2,6H2,1H3,(H,19,20,21)/b10-9+. The predicted molar refractivity (Wildman–Crippen MR) is 89.4 cm³/mol. The first-order valence-electron chi connectivity index (χ1n) is 7.54. The third-order valence-corrected chi connectivity index (χ3v) is 3.37. The van der Waals surface area contributed by atoms with E-state index < -0.39 is 0 Å². The number of aromatic amines is 1. The molecule has 116 valence electrons. The first kappa shape index (κ1) is 15.0. The molecule has 0 aliphatic carbocycles. The molecule has 0 radical (unpaired) electrons. The number of aromatic nitrogens is 3. The van der Waals surface area contributed by atoms with E-state index in [1.54, 1.807) is 18.3 Å². The highest BCUT2D eigenvalue weighted by atomic mass is 16.5. The fourth-order valence-electron chi connectivity index (χ4n) is 2.28. The Morgan fingerprint density at radius 1 is 1.26 bits per heavy atom. The molecule has 2 aromatic heterocycles. The number of ketones is 1. The number of rotatable bonds is 6. The summed E-state index contributed by atoms with van der Waals surface area (Å²) in [5.41, 5.74) is 1.50. The van der Waals surface area contributed by atoms with Crippen molar-refractivity contribution >= 4 is 22.9 Å². The first-order valence-corrected chi connectivity index (χ1v) is 7.54. The number of nitrogens with zero attached hydrogens (tertiary/aromatic N) is 2. The van der Waals surface area contributed by atoms with Crippen LogP contribution in [0.4, 0.5) is 0 Å². The Balaban J connectivity index is 1.96. The summed E-state index contributed by atoms with van der Waals surface area (Å²) in [5, 5.41) is 0.761. The summed E-state index contributed by atoms with van der Waals surface area (Å²) in [4.78, 5) is 23.2. The van der Waals surface area contributed by atoms with Crippen LogP contribution in [0.5, 0.6) is 11.6 Å². The van der Waals surface area contributed by atoms with Gasteiger partial charge in [0.15, 0.2) is 5.78 Å². The van der Waals surface area contributed by atoms with Crippen LogP contribution in [0.15, 0.2) is 48.9 Å². The van der Waals surface area contributed by atoms with E-state index in [1.165, 1.54) is 6.33 Å². The smallest absolute Gasteiger partial charge is 0.232 e. The third-order valence-electron chi connectivity index (χ3n) is 3.37. The van der Waals surface area contributed by atoms with Crippen LogP contribution in [0.1, 0.15) is 25.3 Å². The normalized spacial score (nSPS) is 11.2. The van der Waals surface area contributed by atoms with Gasteiger partial charge in [0.05, 0.1) is 5.39 Å². The van der Waals surface area contributed by atoms with Crippen LogP contribution in [-0.4, -0.2) is 20.7 Å². The molecule has 0 atom stereocenters. The number of hydrogen-bond donors (Lipinski definition) is 1. The van der Waals surface area contributed by atoms with Crippen LogP contribution in [0.25, 0.3) is 17.1 Å². The zero-order chi connectivity index (χ0) is 16.1. The second kappa shape index (κ2) is 6.87. The molecule has 3 aromatic rings. The fraction of sp³-hybridized carbons (Fsp3) is 0.167. The number of ether oxygens (including phenoxy) is 1. The topological polar surface area (TPSA) is 67.9 Å². The van der Waals surface area contributed by atoms with Crippen LogP contribution in [-0.2, 0) is 4.79 Å². The number of nitrogens with one attached hydrogen (secondary N) is 1. The molecule has 0 saturated heterocycles. The van der Waals surface area contributed by atoms with Crippen molar-refractivity contribution in [3.8, 4) is 11.6 Å². The van der Waals surface area contributed by atoms with Gasteiger partial charge in [0.1, 0.15) is 17.7 Å². The van der Waals surface area contributed by atoms with Gasteiger partial charge in [-0.05, 0) is 30.7 Å². The highest BCUT2D eigenvalue weighted by Gasteiger charge is 2.11. The number of benzene rings is 1. The Bertz CT molecular complexity index is 838. The molecule has 0 aliphatic heterocycles. The Morgan fingerprint density at radius 3 is 2.87 bits per heavy atom. The molecular formula is C18H17N3O2. The van der Waals surface area contributed by atoms with Crippen LogP contribution < -0.4 is 4.74 Å². The van der Waals surface area contributed by atoms with Gasteiger partial charge in [-0.15, -0.1) is 0 Å². The van der Waals surface area contributed by atoms with Gasteiger partial charge in [-0.3, -0.25) is 4.79 Å². The summed E-state index contributed by atoms with van der Waals surface area (Å²) < 4.78 is 5.86. The Hall–Kier alpha value is -2.95. The lowest BCUT2D eigenvalue weighted by atomic mass is 10.1. The van der Waals surface area contributed by atoms with Gasteiger partial charge < -0.3 is 9.72 Å². The zero-order valence-corrected chi connectivity index (χ0v) is 12.8. The first-order chi connectivity index (χ1) is 11.3. The molecule has 2 heterocycles. The second-order valence-electron chi connectivity index (χ2n) is 5.11. The van der Waals surface area contributed by atoms with Gasteiger partial charge in [0.2, 0.25) is 5.88 Å². The van der Waals surface area contributed by atoms with Crippen molar-refractivity contribution in [2.45, 2.75) is 19.8 Å². The molecule has 1 aromatic carbocycles. The zero-order valence-electron chi connectivity index (χ0n) is 12.8. The molecule has 0 bridgehead atoms. The number of carbonyl (C=O) groups excluding carboxylic acids is 1. The lowest BCUT2D eigenvalue weighted by molar-refractivity contribution is -0.114. The summed E-state index contributed by atoms with van der Waals surface area (Å²) in [5.74, 6) is 1.26. The van der Waals surface area contributed by atoms with Crippen molar-refractivity contribution in [1.82, 2.24) is 15.0 Å².